The zero-order chi connectivity index (χ0) is 6.69. The van der Waals surface area contributed by atoms with Crippen LogP contribution in [0.15, 0.2) is 4.99 Å². The Balaban J connectivity index is 2.42. The van der Waals surface area contributed by atoms with Crippen LogP contribution in [0.3, 0.4) is 0 Å². The van der Waals surface area contributed by atoms with E-state index in [1.807, 2.05) is 5.01 Å². The van der Waals surface area contributed by atoms with Gasteiger partial charge in [-0.1, -0.05) is 0 Å². The molecule has 0 amide bonds. The number of nitrogens with zero attached hydrogens (tertiary/aromatic N) is 2. The molecular weight excluding hydrogens is 116 g/mol. The summed E-state index contributed by atoms with van der Waals surface area (Å²) < 4.78 is 0. The van der Waals surface area contributed by atoms with Crippen molar-refractivity contribution in [1.29, 1.82) is 0 Å². The minimum atomic E-state index is 0.576. The van der Waals surface area contributed by atoms with Crippen LogP contribution in [-0.2, 0) is 0 Å². The van der Waals surface area contributed by atoms with E-state index in [4.69, 9.17) is 5.73 Å². The van der Waals surface area contributed by atoms with E-state index in [-0.39, 0.29) is 0 Å². The Morgan fingerprint density at radius 2 is 2.56 bits per heavy atom. The molecule has 1 saturated heterocycles. The van der Waals surface area contributed by atoms with Gasteiger partial charge >= 0.3 is 0 Å². The largest absolute Gasteiger partial charge is 0.369 e. The second-order valence-corrected chi connectivity index (χ2v) is 2.00. The maximum Gasteiger partial charge on any atom is 0.205 e. The van der Waals surface area contributed by atoms with Crippen LogP contribution >= 0.6 is 0 Å². The van der Waals surface area contributed by atoms with Crippen molar-refractivity contribution in [1.82, 2.24) is 10.4 Å². The van der Waals surface area contributed by atoms with Gasteiger partial charge in [-0.2, -0.15) is 0 Å². The molecule has 3 N–H and O–H groups in total. The molecule has 0 atom stereocenters. The Hall–Kier alpha value is -0.770. The number of nitrogens with two attached hydrogens (primary N) is 1. The summed E-state index contributed by atoms with van der Waals surface area (Å²) in [5.74, 6) is 0.576. The molecule has 9 heavy (non-hydrogen) atoms. The summed E-state index contributed by atoms with van der Waals surface area (Å²) in [6, 6.07) is 0. The fraction of sp³-hybridized carbons (Fsp3) is 0.800. The molecule has 1 aliphatic heterocycles. The van der Waals surface area contributed by atoms with Crippen LogP contribution in [0.5, 0.6) is 0 Å². The summed E-state index contributed by atoms with van der Waals surface area (Å²) in [5, 5.41) is 1.86. The number of hydrogen-bond donors (Lipinski definition) is 2. The van der Waals surface area contributed by atoms with Crippen LogP contribution in [0.25, 0.3) is 0 Å². The number of hydrazine groups is 1. The van der Waals surface area contributed by atoms with Gasteiger partial charge in [-0.15, -0.1) is 0 Å². The third-order valence-electron chi connectivity index (χ3n) is 1.37. The van der Waals surface area contributed by atoms with Crippen LogP contribution < -0.4 is 11.2 Å². The molecule has 0 bridgehead atoms. The Morgan fingerprint density at radius 3 is 3.00 bits per heavy atom. The number of hydrogen-bond acceptors (Lipinski definition) is 2. The normalized spacial score (nSPS) is 21.0. The lowest BCUT2D eigenvalue weighted by molar-refractivity contribution is 0.398. The lowest BCUT2D eigenvalue weighted by Crippen LogP contribution is -2.41. The first-order valence-corrected chi connectivity index (χ1v) is 3.08. The molecule has 52 valence electrons. The van der Waals surface area contributed by atoms with Gasteiger partial charge in [-0.25, -0.2) is 5.43 Å². The molecule has 0 aromatic carbocycles. The highest BCUT2D eigenvalue weighted by Gasteiger charge is 2.10. The zero-order valence-corrected chi connectivity index (χ0v) is 5.59. The molecule has 0 aromatic heterocycles. The predicted molar refractivity (Wildman–Crippen MR) is 36.9 cm³/mol. The number of aliphatic imine (C=N–C) groups is 1. The Morgan fingerprint density at radius 1 is 1.78 bits per heavy atom. The van der Waals surface area contributed by atoms with Crippen LogP contribution in [0.2, 0.25) is 0 Å². The minimum Gasteiger partial charge on any atom is -0.369 e. The maximum absolute atomic E-state index is 5.49. The van der Waals surface area contributed by atoms with Crippen molar-refractivity contribution >= 4 is 5.96 Å². The maximum atomic E-state index is 5.49. The summed E-state index contributed by atoms with van der Waals surface area (Å²) in [6.45, 7) is 1.99. The van der Waals surface area contributed by atoms with Crippen molar-refractivity contribution in [2.75, 3.05) is 20.1 Å². The van der Waals surface area contributed by atoms with Crippen LogP contribution in [-0.4, -0.2) is 31.1 Å². The van der Waals surface area contributed by atoms with Crippen molar-refractivity contribution in [2.45, 2.75) is 6.42 Å². The molecular formula is C5H12N4. The number of guanidine groups is 1. The number of nitrogens with one attached hydrogen (secondary N) is 1. The van der Waals surface area contributed by atoms with Gasteiger partial charge in [0, 0.05) is 20.1 Å². The van der Waals surface area contributed by atoms with Crippen molar-refractivity contribution in [3.63, 3.8) is 0 Å². The quantitative estimate of drug-likeness (QED) is 0.330. The van der Waals surface area contributed by atoms with Crippen LogP contribution in [0.1, 0.15) is 6.42 Å². The fourth-order valence-corrected chi connectivity index (χ4v) is 0.847. The van der Waals surface area contributed by atoms with E-state index in [0.717, 1.165) is 19.5 Å². The molecule has 0 aromatic rings. The van der Waals surface area contributed by atoms with E-state index >= 15 is 0 Å². The first kappa shape index (κ1) is 6.35. The standard InChI is InChI=1S/C5H12N4/c1-7-5(6)9-4-2-3-8-9/h8H,2-4H2,1H3,(H2,6,7). The van der Waals surface area contributed by atoms with E-state index in [1.54, 1.807) is 7.05 Å². The smallest absolute Gasteiger partial charge is 0.205 e. The van der Waals surface area contributed by atoms with Gasteiger partial charge < -0.3 is 5.73 Å². The van der Waals surface area contributed by atoms with Crippen molar-refractivity contribution < 1.29 is 0 Å². The molecule has 4 heteroatoms. The molecule has 4 nitrogen and oxygen atoms in total. The summed E-state index contributed by atoms with van der Waals surface area (Å²) in [6.07, 6.45) is 1.15. The van der Waals surface area contributed by atoms with E-state index in [1.165, 1.54) is 0 Å². The molecule has 1 rings (SSSR count). The van der Waals surface area contributed by atoms with E-state index in [9.17, 15) is 0 Å². The monoisotopic (exact) mass is 128 g/mol. The van der Waals surface area contributed by atoms with Crippen molar-refractivity contribution in [2.24, 2.45) is 10.7 Å². The molecule has 0 saturated carbocycles. The first-order valence-electron chi connectivity index (χ1n) is 3.08. The van der Waals surface area contributed by atoms with Gasteiger partial charge in [-0.3, -0.25) is 10.0 Å². The summed E-state index contributed by atoms with van der Waals surface area (Å²) in [4.78, 5) is 3.83. The first-order chi connectivity index (χ1) is 4.34. The van der Waals surface area contributed by atoms with Crippen LogP contribution in [0.4, 0.5) is 0 Å². The minimum absolute atomic E-state index is 0.576. The van der Waals surface area contributed by atoms with Crippen molar-refractivity contribution in [3.05, 3.63) is 0 Å². The average molecular weight is 128 g/mol. The topological polar surface area (TPSA) is 53.6 Å². The molecule has 1 heterocycles. The Labute approximate surface area is 54.7 Å². The second kappa shape index (κ2) is 2.68. The zero-order valence-electron chi connectivity index (χ0n) is 5.59. The Kier molecular flexibility index (Phi) is 1.89. The predicted octanol–water partition coefficient (Wildman–Crippen LogP) is -0.859. The lowest BCUT2D eigenvalue weighted by Gasteiger charge is -2.14. The molecule has 0 radical (unpaired) electrons. The van der Waals surface area contributed by atoms with Gasteiger partial charge in [-0.05, 0) is 6.42 Å². The van der Waals surface area contributed by atoms with E-state index in [0.29, 0.717) is 5.96 Å². The highest BCUT2D eigenvalue weighted by molar-refractivity contribution is 5.77. The van der Waals surface area contributed by atoms with Crippen molar-refractivity contribution in [3.8, 4) is 0 Å². The lowest BCUT2D eigenvalue weighted by atomic mass is 10.5. The number of rotatable bonds is 0. The molecule has 0 spiro atoms. The van der Waals surface area contributed by atoms with Gasteiger partial charge in [0.1, 0.15) is 0 Å². The highest BCUT2D eigenvalue weighted by Crippen LogP contribution is 1.93. The second-order valence-electron chi connectivity index (χ2n) is 2.00. The van der Waals surface area contributed by atoms with Gasteiger partial charge in [0.15, 0.2) is 0 Å². The third-order valence-corrected chi connectivity index (χ3v) is 1.37. The molecule has 1 aliphatic rings. The fourth-order valence-electron chi connectivity index (χ4n) is 0.847. The van der Waals surface area contributed by atoms with Crippen LogP contribution in [0, 0.1) is 0 Å². The summed E-state index contributed by atoms with van der Waals surface area (Å²) in [5.41, 5.74) is 8.58. The average Bonchev–Trinajstić information content (AvgIpc) is 2.37. The van der Waals surface area contributed by atoms with Gasteiger partial charge in [0.25, 0.3) is 0 Å². The summed E-state index contributed by atoms with van der Waals surface area (Å²) in [7, 11) is 1.69. The Bertz CT molecular complexity index is 114. The van der Waals surface area contributed by atoms with E-state index < -0.39 is 0 Å². The van der Waals surface area contributed by atoms with E-state index in [2.05, 4.69) is 10.4 Å². The molecule has 0 aliphatic carbocycles. The molecule has 0 unspecified atom stereocenters. The van der Waals surface area contributed by atoms with Gasteiger partial charge in [0.05, 0.1) is 0 Å². The summed E-state index contributed by atoms with van der Waals surface area (Å²) >= 11 is 0. The highest BCUT2D eigenvalue weighted by atomic mass is 15.6. The third kappa shape index (κ3) is 1.32. The van der Waals surface area contributed by atoms with Gasteiger partial charge in [0.2, 0.25) is 5.96 Å². The molecule has 1 fully saturated rings. The SMILES string of the molecule is CN=C(N)N1CCCN1.